The quantitative estimate of drug-likeness (QED) is 0.0395. The second kappa shape index (κ2) is 35.0. The van der Waals surface area contributed by atoms with Gasteiger partial charge in [0.05, 0.1) is 40.7 Å². The van der Waals surface area contributed by atoms with E-state index < -0.39 is 0 Å². The van der Waals surface area contributed by atoms with E-state index in [1.54, 1.807) is 0 Å². The van der Waals surface area contributed by atoms with Crippen molar-refractivity contribution >= 4 is 147 Å². The molecule has 0 unspecified atom stereocenters. The van der Waals surface area contributed by atoms with Crippen molar-refractivity contribution in [2.45, 2.75) is 161 Å². The molecule has 0 aliphatic rings. The third-order valence-electron chi connectivity index (χ3n) is 9.28. The lowest BCUT2D eigenvalue weighted by Crippen LogP contribution is -2.10. The second-order valence-corrected chi connectivity index (χ2v) is 21.3. The number of ether oxygens (including phenoxy) is 4. The minimum atomic E-state index is -0.135. The maximum absolute atomic E-state index is 12.0. The molecule has 0 N–H and O–H groups in total. The first-order chi connectivity index (χ1) is 26.7. The molecule has 0 atom stereocenters. The molecule has 6 nitrogen and oxygen atoms in total. The van der Waals surface area contributed by atoms with Crippen LogP contribution in [0.2, 0.25) is 0 Å². The number of benzene rings is 2. The van der Waals surface area contributed by atoms with Crippen molar-refractivity contribution in [1.29, 1.82) is 0 Å². The molecule has 0 saturated heterocycles. The Labute approximate surface area is 414 Å². The number of carbonyl (C=O) groups excluding carboxylic acids is 2. The summed E-state index contributed by atoms with van der Waals surface area (Å²) in [7, 11) is 0. The Balaban J connectivity index is 1.24. The number of halogens is 6. The topological polar surface area (TPSA) is 71.1 Å². The van der Waals surface area contributed by atoms with Gasteiger partial charge in [-0.25, -0.2) is 0 Å². The number of hydrogen-bond donors (Lipinski definition) is 0. The summed E-state index contributed by atoms with van der Waals surface area (Å²) in [5.74, 6) is 1.80. The van der Waals surface area contributed by atoms with Crippen LogP contribution in [0.25, 0.3) is 0 Å². The molecule has 0 saturated carbocycles. The Kier molecular flexibility index (Phi) is 33.4. The van der Waals surface area contributed by atoms with Crippen LogP contribution in [0.5, 0.6) is 11.5 Å². The fraction of sp³-hybridized carbons (Fsp3) is 0.674. The highest BCUT2D eigenvalue weighted by molar-refractivity contribution is 14.1. The minimum Gasteiger partial charge on any atom is -0.491 e. The lowest BCUT2D eigenvalue weighted by Gasteiger charge is -2.11. The molecule has 0 aromatic heterocycles. The molecule has 0 amide bonds. The van der Waals surface area contributed by atoms with Crippen LogP contribution in [0.1, 0.15) is 161 Å². The van der Waals surface area contributed by atoms with Crippen LogP contribution in [-0.2, 0) is 19.1 Å². The molecule has 2 rings (SSSR count). The first-order valence-corrected chi connectivity index (χ1v) is 27.0. The van der Waals surface area contributed by atoms with E-state index in [1.165, 1.54) is 124 Å². The maximum Gasteiger partial charge on any atom is 0.305 e. The fourth-order valence-electron chi connectivity index (χ4n) is 6.18. The van der Waals surface area contributed by atoms with E-state index in [2.05, 4.69) is 160 Å². The van der Waals surface area contributed by atoms with Crippen LogP contribution < -0.4 is 9.47 Å². The molecule has 12 heteroatoms. The Morgan fingerprint density at radius 1 is 0.345 bits per heavy atom. The van der Waals surface area contributed by atoms with Crippen molar-refractivity contribution in [3.8, 4) is 11.5 Å². The molecule has 0 radical (unpaired) electrons. The molecule has 55 heavy (non-hydrogen) atoms. The zero-order chi connectivity index (χ0) is 39.9. The third kappa shape index (κ3) is 27.8. The van der Waals surface area contributed by atoms with Gasteiger partial charge in [-0.15, -0.1) is 0 Å². The molecule has 2 aromatic carbocycles. The van der Waals surface area contributed by atoms with Gasteiger partial charge in [0.15, 0.2) is 0 Å². The maximum atomic E-state index is 12.0. The van der Waals surface area contributed by atoms with Gasteiger partial charge in [-0.2, -0.15) is 0 Å². The third-order valence-corrected chi connectivity index (χ3v) is 13.7. The van der Waals surface area contributed by atoms with Gasteiger partial charge in [0.1, 0.15) is 11.5 Å². The molecule has 0 bridgehead atoms. The molecule has 0 aliphatic heterocycles. The number of unbranched alkanes of at least 4 members (excludes halogenated alkanes) is 20. The summed E-state index contributed by atoms with van der Waals surface area (Å²) in [5, 5.41) is 0. The average molecular weight is 1440 g/mol. The van der Waals surface area contributed by atoms with E-state index in [0.717, 1.165) is 63.2 Å². The van der Waals surface area contributed by atoms with Crippen LogP contribution in [0.3, 0.4) is 0 Å². The van der Waals surface area contributed by atoms with Gasteiger partial charge in [-0.3, -0.25) is 9.59 Å². The fourth-order valence-corrected chi connectivity index (χ4v) is 14.0. The van der Waals surface area contributed by atoms with E-state index in [-0.39, 0.29) is 11.9 Å². The molecule has 312 valence electrons. The van der Waals surface area contributed by atoms with Crippen molar-refractivity contribution in [2.75, 3.05) is 26.4 Å². The summed E-state index contributed by atoms with van der Waals surface area (Å²) in [6, 6.07) is 8.66. The zero-order valence-electron chi connectivity index (χ0n) is 32.5. The molecule has 0 aliphatic carbocycles. The standard InChI is InChI=1S/C43H62I6O6/c44-34-30-36(46)42(37(47)31-34)54-26-21-17-13-9-5-1-3-7-11-15-19-24-40(50)52-28-23-29-53-41(51)25-20-16-12-8-4-2-6-10-14-18-22-27-55-43-38(48)32-35(45)33-39(43)49/h30-33H,1-29H2. The molecular weight excluding hydrogens is 1370 g/mol. The van der Waals surface area contributed by atoms with E-state index in [1.807, 2.05) is 0 Å². The predicted octanol–water partition coefficient (Wildman–Crippen LogP) is 15.6. The lowest BCUT2D eigenvalue weighted by atomic mass is 10.1. The molecule has 0 fully saturated rings. The van der Waals surface area contributed by atoms with Gasteiger partial charge in [0.25, 0.3) is 0 Å². The SMILES string of the molecule is O=C(CCCCCCCCCCCCCOc1c(I)cc(I)cc1I)OCCCOC(=O)CCCCCCCCCCCCCOc1c(I)cc(I)cc1I. The first kappa shape index (κ1) is 52.5. The number of hydrogen-bond acceptors (Lipinski definition) is 6. The second-order valence-electron chi connectivity index (χ2n) is 14.2. The predicted molar refractivity (Wildman–Crippen MR) is 278 cm³/mol. The Bertz CT molecular complexity index is 1200. The van der Waals surface area contributed by atoms with Gasteiger partial charge in [-0.1, -0.05) is 116 Å². The van der Waals surface area contributed by atoms with Crippen LogP contribution in [-0.4, -0.2) is 38.4 Å². The highest BCUT2D eigenvalue weighted by atomic mass is 127. The van der Waals surface area contributed by atoms with Gasteiger partial charge in [-0.05, 0) is 185 Å². The average Bonchev–Trinajstić information content (AvgIpc) is 3.13. The van der Waals surface area contributed by atoms with E-state index >= 15 is 0 Å². The Morgan fingerprint density at radius 3 is 0.891 bits per heavy atom. The molecule has 0 spiro atoms. The largest absolute Gasteiger partial charge is 0.491 e. The summed E-state index contributed by atoms with van der Waals surface area (Å²) in [4.78, 5) is 24.1. The monoisotopic (exact) mass is 1440 g/mol. The Hall–Kier alpha value is 1.36. The van der Waals surface area contributed by atoms with Crippen molar-refractivity contribution < 1.29 is 28.5 Å². The highest BCUT2D eigenvalue weighted by Gasteiger charge is 2.10. The molecule has 2 aromatic rings. The van der Waals surface area contributed by atoms with E-state index in [4.69, 9.17) is 18.9 Å². The van der Waals surface area contributed by atoms with Crippen LogP contribution in [0.15, 0.2) is 24.3 Å². The van der Waals surface area contributed by atoms with Crippen molar-refractivity contribution in [1.82, 2.24) is 0 Å². The summed E-state index contributed by atoms with van der Waals surface area (Å²) < 4.78 is 30.0. The normalized spacial score (nSPS) is 11.2. The van der Waals surface area contributed by atoms with Gasteiger partial charge in [0.2, 0.25) is 0 Å². The summed E-state index contributed by atoms with van der Waals surface area (Å²) >= 11 is 14.1. The van der Waals surface area contributed by atoms with Crippen LogP contribution >= 0.6 is 136 Å². The molecule has 0 heterocycles. The van der Waals surface area contributed by atoms with Gasteiger partial charge < -0.3 is 18.9 Å². The van der Waals surface area contributed by atoms with Gasteiger partial charge >= 0.3 is 11.9 Å². The smallest absolute Gasteiger partial charge is 0.305 e. The summed E-state index contributed by atoms with van der Waals surface area (Å²) in [6.07, 6.45) is 28.0. The van der Waals surface area contributed by atoms with Crippen LogP contribution in [0.4, 0.5) is 0 Å². The summed E-state index contributed by atoms with van der Waals surface area (Å²) in [5.41, 5.74) is 0. The zero-order valence-corrected chi connectivity index (χ0v) is 45.5. The highest BCUT2D eigenvalue weighted by Crippen LogP contribution is 2.31. The lowest BCUT2D eigenvalue weighted by molar-refractivity contribution is -0.146. The molecular formula is C43H62I6O6. The van der Waals surface area contributed by atoms with Crippen molar-refractivity contribution in [3.63, 3.8) is 0 Å². The number of rotatable bonds is 34. The van der Waals surface area contributed by atoms with Crippen molar-refractivity contribution in [2.24, 2.45) is 0 Å². The van der Waals surface area contributed by atoms with E-state index in [0.29, 0.717) is 32.5 Å². The van der Waals surface area contributed by atoms with Crippen molar-refractivity contribution in [3.05, 3.63) is 45.7 Å². The summed E-state index contributed by atoms with van der Waals surface area (Å²) in [6.45, 7) is 2.24. The van der Waals surface area contributed by atoms with Crippen LogP contribution in [0, 0.1) is 21.4 Å². The Morgan fingerprint density at radius 2 is 0.600 bits per heavy atom. The minimum absolute atomic E-state index is 0.135. The van der Waals surface area contributed by atoms with Gasteiger partial charge in [0, 0.05) is 26.4 Å². The number of esters is 2. The number of carbonyl (C=O) groups is 2. The van der Waals surface area contributed by atoms with E-state index in [9.17, 15) is 9.59 Å². The first-order valence-electron chi connectivity index (χ1n) is 20.5.